The van der Waals surface area contributed by atoms with Crippen LogP contribution in [0.2, 0.25) is 0 Å². The van der Waals surface area contributed by atoms with Crippen LogP contribution in [-0.4, -0.2) is 40.4 Å². The van der Waals surface area contributed by atoms with Gasteiger partial charge in [0.2, 0.25) is 0 Å². The number of fused-ring (bicyclic) bond motifs is 2. The Morgan fingerprint density at radius 1 is 0.615 bits per heavy atom. The molecule has 0 aliphatic heterocycles. The monoisotopic (exact) mass is 354 g/mol. The van der Waals surface area contributed by atoms with E-state index in [4.69, 9.17) is 18.9 Å². The third kappa shape index (κ3) is 2.69. The molecule has 0 bridgehead atoms. The summed E-state index contributed by atoms with van der Waals surface area (Å²) in [4.78, 5) is 23.8. The lowest BCUT2D eigenvalue weighted by Gasteiger charge is -2.16. The van der Waals surface area contributed by atoms with Crippen LogP contribution in [0, 0.1) is 0 Å². The molecule has 3 aromatic carbocycles. The van der Waals surface area contributed by atoms with Gasteiger partial charge in [0.25, 0.3) is 0 Å². The minimum Gasteiger partial charge on any atom is -0.495 e. The molecule has 0 atom stereocenters. The number of esters is 2. The zero-order valence-corrected chi connectivity index (χ0v) is 14.9. The van der Waals surface area contributed by atoms with Crippen LogP contribution in [0.25, 0.3) is 21.5 Å². The molecule has 0 saturated carbocycles. The maximum atomic E-state index is 11.9. The zero-order valence-electron chi connectivity index (χ0n) is 14.9. The van der Waals surface area contributed by atoms with Crippen LogP contribution < -0.4 is 9.47 Å². The Kier molecular flexibility index (Phi) is 4.67. The van der Waals surface area contributed by atoms with Crippen molar-refractivity contribution in [1.82, 2.24) is 0 Å². The van der Waals surface area contributed by atoms with Crippen LogP contribution in [0.5, 0.6) is 11.5 Å². The second kappa shape index (κ2) is 6.92. The molecule has 134 valence electrons. The molecule has 6 heteroatoms. The average molecular weight is 354 g/mol. The van der Waals surface area contributed by atoms with E-state index in [2.05, 4.69) is 0 Å². The Hall–Kier alpha value is -3.28. The van der Waals surface area contributed by atoms with E-state index in [9.17, 15) is 9.59 Å². The predicted molar refractivity (Wildman–Crippen MR) is 97.2 cm³/mol. The third-order valence-corrected chi connectivity index (χ3v) is 4.27. The highest BCUT2D eigenvalue weighted by Gasteiger charge is 2.19. The molecule has 0 spiro atoms. The first kappa shape index (κ1) is 17.5. The molecule has 0 radical (unpaired) electrons. The van der Waals surface area contributed by atoms with Crippen molar-refractivity contribution in [3.05, 3.63) is 47.5 Å². The van der Waals surface area contributed by atoms with E-state index in [1.807, 2.05) is 0 Å². The van der Waals surface area contributed by atoms with E-state index in [1.165, 1.54) is 14.2 Å². The number of benzene rings is 3. The van der Waals surface area contributed by atoms with Crippen LogP contribution in [0.4, 0.5) is 0 Å². The fourth-order valence-electron chi connectivity index (χ4n) is 3.08. The Morgan fingerprint density at radius 2 is 1.00 bits per heavy atom. The summed E-state index contributed by atoms with van der Waals surface area (Å²) in [5, 5.41) is 2.94. The molecule has 3 aromatic rings. The van der Waals surface area contributed by atoms with Crippen LogP contribution in [0.1, 0.15) is 20.7 Å². The van der Waals surface area contributed by atoms with Gasteiger partial charge in [0.05, 0.1) is 39.6 Å². The second-order valence-electron chi connectivity index (χ2n) is 5.57. The first-order valence-electron chi connectivity index (χ1n) is 7.83. The maximum Gasteiger partial charge on any atom is 0.337 e. The lowest BCUT2D eigenvalue weighted by atomic mass is 9.97. The van der Waals surface area contributed by atoms with E-state index in [0.717, 1.165) is 10.8 Å². The number of ether oxygens (including phenoxy) is 4. The molecule has 0 fully saturated rings. The second-order valence-corrected chi connectivity index (χ2v) is 5.57. The minimum atomic E-state index is -0.436. The van der Waals surface area contributed by atoms with Gasteiger partial charge in [-0.25, -0.2) is 9.59 Å². The summed E-state index contributed by atoms with van der Waals surface area (Å²) in [6.07, 6.45) is 0. The van der Waals surface area contributed by atoms with Crippen molar-refractivity contribution >= 4 is 33.5 Å². The molecule has 0 amide bonds. The Morgan fingerprint density at radius 3 is 1.31 bits per heavy atom. The van der Waals surface area contributed by atoms with Crippen molar-refractivity contribution < 1.29 is 28.5 Å². The van der Waals surface area contributed by atoms with Crippen LogP contribution >= 0.6 is 0 Å². The van der Waals surface area contributed by atoms with E-state index in [1.54, 1.807) is 50.6 Å². The highest BCUT2D eigenvalue weighted by atomic mass is 16.5. The molecular weight excluding hydrogens is 336 g/mol. The van der Waals surface area contributed by atoms with Crippen molar-refractivity contribution in [1.29, 1.82) is 0 Å². The van der Waals surface area contributed by atoms with Crippen LogP contribution in [0.3, 0.4) is 0 Å². The summed E-state index contributed by atoms with van der Waals surface area (Å²) < 4.78 is 20.8. The molecular formula is C20H18O6. The molecule has 6 nitrogen and oxygen atoms in total. The molecule has 26 heavy (non-hydrogen) atoms. The number of rotatable bonds is 4. The first-order valence-corrected chi connectivity index (χ1v) is 7.83. The molecule has 3 rings (SSSR count). The lowest BCUT2D eigenvalue weighted by molar-refractivity contribution is 0.0592. The van der Waals surface area contributed by atoms with Gasteiger partial charge in [-0.15, -0.1) is 0 Å². The number of carbonyl (C=O) groups excluding carboxylic acids is 2. The van der Waals surface area contributed by atoms with Crippen LogP contribution in [-0.2, 0) is 9.47 Å². The van der Waals surface area contributed by atoms with Gasteiger partial charge in [0, 0.05) is 21.5 Å². The zero-order chi connectivity index (χ0) is 18.8. The molecule has 0 aliphatic rings. The number of carbonyl (C=O) groups is 2. The molecule has 0 saturated heterocycles. The Labute approximate surface area is 150 Å². The fourth-order valence-corrected chi connectivity index (χ4v) is 3.08. The summed E-state index contributed by atoms with van der Waals surface area (Å²) in [6.45, 7) is 0. The highest BCUT2D eigenvalue weighted by molar-refractivity contribution is 6.13. The van der Waals surface area contributed by atoms with Gasteiger partial charge >= 0.3 is 11.9 Å². The molecule has 0 N–H and O–H groups in total. The van der Waals surface area contributed by atoms with Gasteiger partial charge in [-0.05, 0) is 36.4 Å². The fraction of sp³-hybridized carbons (Fsp3) is 0.200. The number of hydrogen-bond acceptors (Lipinski definition) is 6. The lowest BCUT2D eigenvalue weighted by Crippen LogP contribution is -2.03. The number of hydrogen-bond donors (Lipinski definition) is 0. The normalized spacial score (nSPS) is 10.6. The van der Waals surface area contributed by atoms with Crippen molar-refractivity contribution in [2.75, 3.05) is 28.4 Å². The van der Waals surface area contributed by atoms with Crippen molar-refractivity contribution in [3.8, 4) is 11.5 Å². The van der Waals surface area contributed by atoms with Gasteiger partial charge in [0.1, 0.15) is 11.5 Å². The topological polar surface area (TPSA) is 71.1 Å². The Balaban J connectivity index is 2.42. The van der Waals surface area contributed by atoms with Crippen molar-refractivity contribution in [2.24, 2.45) is 0 Å². The SMILES string of the molecule is COC(=O)c1ccc2c(OC)c3cc(C(=O)OC)ccc3c(OC)c2c1. The largest absolute Gasteiger partial charge is 0.495 e. The number of methoxy groups -OCH3 is 4. The van der Waals surface area contributed by atoms with Gasteiger partial charge in [-0.2, -0.15) is 0 Å². The van der Waals surface area contributed by atoms with E-state index < -0.39 is 11.9 Å². The predicted octanol–water partition coefficient (Wildman–Crippen LogP) is 3.58. The minimum absolute atomic E-state index is 0.408. The Bertz CT molecular complexity index is 938. The molecule has 0 unspecified atom stereocenters. The quantitative estimate of drug-likeness (QED) is 0.527. The summed E-state index contributed by atoms with van der Waals surface area (Å²) in [5.41, 5.74) is 0.816. The van der Waals surface area contributed by atoms with Crippen molar-refractivity contribution in [2.45, 2.75) is 0 Å². The summed E-state index contributed by atoms with van der Waals surface area (Å²) in [6, 6.07) is 10.3. The molecule has 0 aromatic heterocycles. The van der Waals surface area contributed by atoms with Gasteiger partial charge in [-0.1, -0.05) is 0 Å². The van der Waals surface area contributed by atoms with Gasteiger partial charge < -0.3 is 18.9 Å². The first-order chi connectivity index (χ1) is 12.5. The van der Waals surface area contributed by atoms with E-state index >= 15 is 0 Å². The summed E-state index contributed by atoms with van der Waals surface area (Å²) in [7, 11) is 5.78. The summed E-state index contributed by atoms with van der Waals surface area (Å²) >= 11 is 0. The molecule has 0 aliphatic carbocycles. The standard InChI is InChI=1S/C20H18O6/c1-23-17-13-7-5-12(20(22)26-4)10-16(13)18(24-2)14-8-6-11(9-15(14)17)19(21)25-3/h5-10H,1-4H3. The van der Waals surface area contributed by atoms with Crippen molar-refractivity contribution in [3.63, 3.8) is 0 Å². The smallest absolute Gasteiger partial charge is 0.337 e. The van der Waals surface area contributed by atoms with E-state index in [0.29, 0.717) is 33.4 Å². The maximum absolute atomic E-state index is 11.9. The van der Waals surface area contributed by atoms with Gasteiger partial charge in [0.15, 0.2) is 0 Å². The molecule has 0 heterocycles. The van der Waals surface area contributed by atoms with Crippen LogP contribution in [0.15, 0.2) is 36.4 Å². The van der Waals surface area contributed by atoms with E-state index in [-0.39, 0.29) is 0 Å². The third-order valence-electron chi connectivity index (χ3n) is 4.27. The highest BCUT2D eigenvalue weighted by Crippen LogP contribution is 2.43. The van der Waals surface area contributed by atoms with Gasteiger partial charge in [-0.3, -0.25) is 0 Å². The summed E-state index contributed by atoms with van der Waals surface area (Å²) in [5.74, 6) is 0.291. The average Bonchev–Trinajstić information content (AvgIpc) is 2.69.